The summed E-state index contributed by atoms with van der Waals surface area (Å²) in [5, 5.41) is 8.64. The van der Waals surface area contributed by atoms with Crippen LogP contribution in [0.25, 0.3) is 0 Å². The lowest BCUT2D eigenvalue weighted by atomic mass is 9.98. The number of unbranched alkanes of at least 4 members (excludes halogenated alkanes) is 3. The number of rotatable bonds is 18. The molecule has 1 heterocycles. The summed E-state index contributed by atoms with van der Waals surface area (Å²) in [5.74, 6) is 2.76. The molecule has 1 N–H and O–H groups in total. The topological polar surface area (TPSA) is 67.5 Å². The summed E-state index contributed by atoms with van der Waals surface area (Å²) in [6, 6.07) is 8.91. The Bertz CT molecular complexity index is 908. The molecule has 0 saturated carbocycles. The SMILES string of the molecule is CCCCN(CCCC)S(=O)(=[OH+])CCCCSc1nnc(SCc2ccc(C(C)CC)cc2)s1. The second kappa shape index (κ2) is 16.2. The Labute approximate surface area is 220 Å². The molecule has 0 aliphatic heterocycles. The van der Waals surface area contributed by atoms with Gasteiger partial charge in [0, 0.05) is 24.6 Å². The van der Waals surface area contributed by atoms with Gasteiger partial charge in [-0.15, -0.1) is 10.2 Å². The van der Waals surface area contributed by atoms with E-state index >= 15 is 0 Å². The van der Waals surface area contributed by atoms with Crippen LogP contribution >= 0.6 is 34.9 Å². The van der Waals surface area contributed by atoms with Crippen LogP contribution in [0.4, 0.5) is 0 Å². The van der Waals surface area contributed by atoms with Crippen molar-refractivity contribution in [3.63, 3.8) is 0 Å². The lowest BCUT2D eigenvalue weighted by molar-refractivity contribution is 0.398. The zero-order valence-electron chi connectivity index (χ0n) is 21.2. The normalized spacial score (nSPS) is 14.4. The first-order valence-corrected chi connectivity index (χ1v) is 17.0. The third-order valence-electron chi connectivity index (χ3n) is 5.87. The van der Waals surface area contributed by atoms with Gasteiger partial charge < -0.3 is 0 Å². The molecular weight excluding hydrogens is 503 g/mol. The summed E-state index contributed by atoms with van der Waals surface area (Å²) in [7, 11) is -2.91. The molecule has 0 aliphatic rings. The van der Waals surface area contributed by atoms with Gasteiger partial charge in [-0.2, -0.15) is 8.51 Å². The van der Waals surface area contributed by atoms with Crippen LogP contribution in [0.3, 0.4) is 0 Å². The van der Waals surface area contributed by atoms with Crippen LogP contribution in [0, 0.1) is 0 Å². The summed E-state index contributed by atoms with van der Waals surface area (Å²) in [5.41, 5.74) is 2.71. The predicted octanol–water partition coefficient (Wildman–Crippen LogP) is 7.61. The Balaban J connectivity index is 1.70. The first-order chi connectivity index (χ1) is 16.4. The first kappa shape index (κ1) is 29.6. The van der Waals surface area contributed by atoms with E-state index in [2.05, 4.69) is 62.2 Å². The van der Waals surface area contributed by atoms with Crippen molar-refractivity contribution in [2.75, 3.05) is 24.6 Å². The van der Waals surface area contributed by atoms with Crippen LogP contribution in [0.1, 0.15) is 89.7 Å². The monoisotopic (exact) mass is 544 g/mol. The molecule has 0 radical (unpaired) electrons. The van der Waals surface area contributed by atoms with Gasteiger partial charge in [0.05, 0.1) is 0 Å². The number of hydrogen-bond donors (Lipinski definition) is 0. The van der Waals surface area contributed by atoms with Gasteiger partial charge in [0.1, 0.15) is 5.75 Å². The van der Waals surface area contributed by atoms with Gasteiger partial charge in [-0.1, -0.05) is 99.7 Å². The maximum atomic E-state index is 12.8. The van der Waals surface area contributed by atoms with Crippen LogP contribution in [0.15, 0.2) is 32.9 Å². The van der Waals surface area contributed by atoms with E-state index in [0.29, 0.717) is 24.8 Å². The van der Waals surface area contributed by atoms with Crippen molar-refractivity contribution < 1.29 is 8.42 Å². The minimum Gasteiger partial charge on any atom is -0.214 e. The number of nitrogens with zero attached hydrogens (tertiary/aromatic N) is 3. The van der Waals surface area contributed by atoms with E-state index in [-0.39, 0.29) is 0 Å². The summed E-state index contributed by atoms with van der Waals surface area (Å²) in [4.78, 5) is 0. The zero-order chi connectivity index (χ0) is 24.8. The lowest BCUT2D eigenvalue weighted by Gasteiger charge is -2.17. The van der Waals surface area contributed by atoms with Crippen LogP contribution in [-0.4, -0.2) is 47.5 Å². The molecule has 2 unspecified atom stereocenters. The Morgan fingerprint density at radius 3 is 2.18 bits per heavy atom. The van der Waals surface area contributed by atoms with Crippen LogP contribution in [0.5, 0.6) is 0 Å². The van der Waals surface area contributed by atoms with E-state index in [1.54, 1.807) is 34.9 Å². The molecule has 2 rings (SSSR count). The van der Waals surface area contributed by atoms with E-state index in [1.165, 1.54) is 11.1 Å². The second-order valence-corrected chi connectivity index (χ2v) is 14.4. The molecule has 34 heavy (non-hydrogen) atoms. The average molecular weight is 545 g/mol. The second-order valence-electron chi connectivity index (χ2n) is 8.68. The third-order valence-corrected chi connectivity index (χ3v) is 11.2. The van der Waals surface area contributed by atoms with Gasteiger partial charge in [0.15, 0.2) is 8.68 Å². The number of thioether (sulfide) groups is 2. The minimum absolute atomic E-state index is 0.355. The van der Waals surface area contributed by atoms with Gasteiger partial charge >= 0.3 is 10.0 Å². The van der Waals surface area contributed by atoms with Crippen LogP contribution < -0.4 is 0 Å². The molecule has 5 nitrogen and oxygen atoms in total. The highest BCUT2D eigenvalue weighted by molar-refractivity contribution is 8.02. The van der Waals surface area contributed by atoms with Gasteiger partial charge in [-0.3, -0.25) is 0 Å². The summed E-state index contributed by atoms with van der Waals surface area (Å²) in [6.07, 6.45) is 6.85. The van der Waals surface area contributed by atoms with E-state index in [4.69, 9.17) is 0 Å². The maximum absolute atomic E-state index is 12.8. The van der Waals surface area contributed by atoms with Crippen molar-refractivity contribution in [1.82, 2.24) is 14.5 Å². The molecule has 1 aromatic heterocycles. The maximum Gasteiger partial charge on any atom is 0.345 e. The summed E-state index contributed by atoms with van der Waals surface area (Å²) >= 11 is 5.07. The predicted molar refractivity (Wildman–Crippen MR) is 151 cm³/mol. The van der Waals surface area contributed by atoms with Gasteiger partial charge in [-0.05, 0) is 49.1 Å². The third kappa shape index (κ3) is 10.6. The Kier molecular flexibility index (Phi) is 14.1. The molecule has 0 aliphatic carbocycles. The highest BCUT2D eigenvalue weighted by Gasteiger charge is 2.25. The molecule has 9 heteroatoms. The van der Waals surface area contributed by atoms with Gasteiger partial charge in [0.2, 0.25) is 0 Å². The van der Waals surface area contributed by atoms with Crippen molar-refractivity contribution in [2.24, 2.45) is 0 Å². The van der Waals surface area contributed by atoms with Crippen molar-refractivity contribution in [3.8, 4) is 0 Å². The Morgan fingerprint density at radius 2 is 1.59 bits per heavy atom. The smallest absolute Gasteiger partial charge is 0.214 e. The van der Waals surface area contributed by atoms with Gasteiger partial charge in [-0.25, -0.2) is 4.21 Å². The number of hydrogen-bond acceptors (Lipinski definition) is 6. The largest absolute Gasteiger partial charge is 0.345 e. The Hall–Kier alpha value is -0.610. The molecule has 192 valence electrons. The summed E-state index contributed by atoms with van der Waals surface area (Å²) < 4.78 is 27.2. The van der Waals surface area contributed by atoms with Crippen molar-refractivity contribution in [2.45, 2.75) is 93.0 Å². The molecule has 0 spiro atoms. The van der Waals surface area contributed by atoms with Crippen molar-refractivity contribution in [3.05, 3.63) is 35.4 Å². The fraction of sp³-hybridized carbons (Fsp3) is 0.680. The molecule has 0 fully saturated rings. The molecule has 0 bridgehead atoms. The quantitative estimate of drug-likeness (QED) is 0.110. The fourth-order valence-corrected chi connectivity index (χ4v) is 8.10. The zero-order valence-corrected chi connectivity index (χ0v) is 24.5. The molecule has 0 amide bonds. The van der Waals surface area contributed by atoms with Crippen molar-refractivity contribution in [1.29, 1.82) is 0 Å². The molecule has 0 saturated heterocycles. The highest BCUT2D eigenvalue weighted by Crippen LogP contribution is 2.31. The number of aromatic nitrogens is 2. The highest BCUT2D eigenvalue weighted by atomic mass is 32.2. The molecule has 2 aromatic rings. The number of benzene rings is 1. The molecular formula is C25H42N3O2S4+. The van der Waals surface area contributed by atoms with Crippen LogP contribution in [-0.2, 0) is 15.8 Å². The molecule has 1 aromatic carbocycles. The average Bonchev–Trinajstić information content (AvgIpc) is 3.30. The molecule has 2 atom stereocenters. The van der Waals surface area contributed by atoms with E-state index < -0.39 is 10.0 Å². The van der Waals surface area contributed by atoms with Gasteiger partial charge in [0.25, 0.3) is 0 Å². The lowest BCUT2D eigenvalue weighted by Crippen LogP contribution is -2.34. The van der Waals surface area contributed by atoms with E-state index in [9.17, 15) is 8.42 Å². The van der Waals surface area contributed by atoms with E-state index in [1.807, 2.05) is 4.31 Å². The van der Waals surface area contributed by atoms with Crippen molar-refractivity contribution >= 4 is 44.9 Å². The minimum atomic E-state index is -2.91. The van der Waals surface area contributed by atoms with E-state index in [0.717, 1.165) is 65.1 Å². The summed E-state index contributed by atoms with van der Waals surface area (Å²) in [6.45, 7) is 10.2. The fourth-order valence-electron chi connectivity index (χ4n) is 3.38. The Morgan fingerprint density at radius 1 is 0.971 bits per heavy atom. The van der Waals surface area contributed by atoms with Crippen LogP contribution in [0.2, 0.25) is 0 Å². The standard InChI is InChI=1S/C25H41N3O2S4/c1-5-8-16-28(17-9-6-2)34(29,30)19-11-10-18-31-24-26-27-25(33-24)32-20-22-12-14-23(15-13-22)21(4)7-3/h12-15,21H,5-11,16-20H2,1-4H3/p+1. The first-order valence-electron chi connectivity index (χ1n) is 12.6.